The van der Waals surface area contributed by atoms with E-state index >= 15 is 0 Å². The molecule has 0 bridgehead atoms. The lowest BCUT2D eigenvalue weighted by Gasteiger charge is -2.24. The predicted octanol–water partition coefficient (Wildman–Crippen LogP) is 7.05. The summed E-state index contributed by atoms with van der Waals surface area (Å²) in [7, 11) is 0. The zero-order chi connectivity index (χ0) is 23.3. The Kier molecular flexibility index (Phi) is 6.17. The SMILES string of the molecule is Cc1c(C(=O)N(Cc2ccccc2)Cc2ccccc2)nc2ccccc2c1-c1ccccc1. The van der Waals surface area contributed by atoms with E-state index in [2.05, 4.69) is 42.5 Å². The van der Waals surface area contributed by atoms with E-state index in [1.54, 1.807) is 0 Å². The summed E-state index contributed by atoms with van der Waals surface area (Å²) in [5.41, 5.74) is 6.57. The lowest BCUT2D eigenvalue weighted by Crippen LogP contribution is -2.31. The number of fused-ring (bicyclic) bond motifs is 1. The minimum Gasteiger partial charge on any atom is -0.329 e. The standard InChI is InChI=1S/C31H26N2O/c1-23-29(26-17-9-4-10-18-26)27-19-11-12-20-28(27)32-30(23)31(34)33(21-24-13-5-2-6-14-24)22-25-15-7-3-8-16-25/h2-20H,21-22H2,1H3. The molecule has 0 saturated heterocycles. The number of rotatable bonds is 6. The molecule has 0 N–H and O–H groups in total. The van der Waals surface area contributed by atoms with Gasteiger partial charge >= 0.3 is 0 Å². The van der Waals surface area contributed by atoms with Gasteiger partial charge in [0.25, 0.3) is 5.91 Å². The number of benzene rings is 4. The summed E-state index contributed by atoms with van der Waals surface area (Å²) < 4.78 is 0. The van der Waals surface area contributed by atoms with Crippen molar-refractivity contribution in [3.63, 3.8) is 0 Å². The van der Waals surface area contributed by atoms with E-state index in [1.807, 2.05) is 84.6 Å². The molecule has 0 atom stereocenters. The van der Waals surface area contributed by atoms with Crippen molar-refractivity contribution in [3.05, 3.63) is 138 Å². The van der Waals surface area contributed by atoms with Crippen molar-refractivity contribution in [2.45, 2.75) is 20.0 Å². The first-order valence-electron chi connectivity index (χ1n) is 11.5. The van der Waals surface area contributed by atoms with Crippen LogP contribution in [0.1, 0.15) is 27.2 Å². The third kappa shape index (κ3) is 4.46. The number of amides is 1. The fraction of sp³-hybridized carbons (Fsp3) is 0.0968. The van der Waals surface area contributed by atoms with E-state index in [1.165, 1.54) is 0 Å². The normalized spacial score (nSPS) is 10.9. The van der Waals surface area contributed by atoms with Crippen LogP contribution in [0.4, 0.5) is 0 Å². The molecule has 1 aromatic heterocycles. The zero-order valence-corrected chi connectivity index (χ0v) is 19.2. The first-order valence-corrected chi connectivity index (χ1v) is 11.5. The molecule has 0 radical (unpaired) electrons. The second-order valence-corrected chi connectivity index (χ2v) is 8.48. The van der Waals surface area contributed by atoms with Crippen molar-refractivity contribution in [3.8, 4) is 11.1 Å². The maximum Gasteiger partial charge on any atom is 0.273 e. The van der Waals surface area contributed by atoms with Crippen LogP contribution in [0.3, 0.4) is 0 Å². The average molecular weight is 443 g/mol. The van der Waals surface area contributed by atoms with Gasteiger partial charge in [-0.05, 0) is 40.8 Å². The highest BCUT2D eigenvalue weighted by Crippen LogP contribution is 2.33. The third-order valence-corrected chi connectivity index (χ3v) is 6.12. The fourth-order valence-corrected chi connectivity index (χ4v) is 4.45. The number of carbonyl (C=O) groups excluding carboxylic acids is 1. The van der Waals surface area contributed by atoms with Crippen LogP contribution < -0.4 is 0 Å². The number of carbonyl (C=O) groups is 1. The second-order valence-electron chi connectivity index (χ2n) is 8.48. The van der Waals surface area contributed by atoms with Crippen LogP contribution in [0.2, 0.25) is 0 Å². The molecule has 0 unspecified atom stereocenters. The molecule has 3 heteroatoms. The van der Waals surface area contributed by atoms with Crippen LogP contribution in [0.25, 0.3) is 22.0 Å². The van der Waals surface area contributed by atoms with Gasteiger partial charge in [-0.25, -0.2) is 4.98 Å². The maximum absolute atomic E-state index is 14.1. The highest BCUT2D eigenvalue weighted by Gasteiger charge is 2.23. The van der Waals surface area contributed by atoms with Crippen LogP contribution in [0, 0.1) is 6.92 Å². The van der Waals surface area contributed by atoms with Crippen LogP contribution in [-0.4, -0.2) is 15.8 Å². The minimum absolute atomic E-state index is 0.0619. The van der Waals surface area contributed by atoms with E-state index in [9.17, 15) is 4.79 Å². The Bertz CT molecular complexity index is 1370. The Balaban J connectivity index is 1.62. The van der Waals surface area contributed by atoms with Crippen molar-refractivity contribution >= 4 is 16.8 Å². The molecular weight excluding hydrogens is 416 g/mol. The number of hydrogen-bond acceptors (Lipinski definition) is 2. The van der Waals surface area contributed by atoms with Gasteiger partial charge in [0.1, 0.15) is 5.69 Å². The highest BCUT2D eigenvalue weighted by molar-refractivity contribution is 6.03. The molecule has 1 heterocycles. The summed E-state index contributed by atoms with van der Waals surface area (Å²) in [6, 6.07) is 38.6. The van der Waals surface area contributed by atoms with Crippen molar-refractivity contribution in [1.29, 1.82) is 0 Å². The van der Waals surface area contributed by atoms with Crippen LogP contribution in [0.5, 0.6) is 0 Å². The fourth-order valence-electron chi connectivity index (χ4n) is 4.45. The molecule has 0 saturated carbocycles. The second kappa shape index (κ2) is 9.72. The van der Waals surface area contributed by atoms with Crippen molar-refractivity contribution < 1.29 is 4.79 Å². The lowest BCUT2D eigenvalue weighted by molar-refractivity contribution is 0.0723. The number of aromatic nitrogens is 1. The van der Waals surface area contributed by atoms with Gasteiger partial charge in [-0.2, -0.15) is 0 Å². The van der Waals surface area contributed by atoms with Gasteiger partial charge in [0, 0.05) is 18.5 Å². The summed E-state index contributed by atoms with van der Waals surface area (Å²) in [5.74, 6) is -0.0619. The lowest BCUT2D eigenvalue weighted by atomic mass is 9.94. The van der Waals surface area contributed by atoms with Gasteiger partial charge < -0.3 is 4.90 Å². The molecular formula is C31H26N2O. The van der Waals surface area contributed by atoms with Crippen molar-refractivity contribution in [2.75, 3.05) is 0 Å². The predicted molar refractivity (Wildman–Crippen MR) is 138 cm³/mol. The van der Waals surface area contributed by atoms with E-state index < -0.39 is 0 Å². The molecule has 166 valence electrons. The number of pyridine rings is 1. The molecule has 0 aliphatic carbocycles. The van der Waals surface area contributed by atoms with E-state index in [4.69, 9.17) is 4.98 Å². The number of hydrogen-bond donors (Lipinski definition) is 0. The molecule has 1 amide bonds. The Hall–Kier alpha value is -4.24. The summed E-state index contributed by atoms with van der Waals surface area (Å²) in [5, 5.41) is 1.06. The van der Waals surface area contributed by atoms with Gasteiger partial charge in [-0.3, -0.25) is 4.79 Å². The average Bonchev–Trinajstić information content (AvgIpc) is 2.89. The van der Waals surface area contributed by atoms with Gasteiger partial charge in [-0.1, -0.05) is 109 Å². The van der Waals surface area contributed by atoms with Crippen LogP contribution in [0.15, 0.2) is 115 Å². The first kappa shape index (κ1) is 21.6. The maximum atomic E-state index is 14.1. The summed E-state index contributed by atoms with van der Waals surface area (Å²) in [4.78, 5) is 20.8. The van der Waals surface area contributed by atoms with Gasteiger partial charge in [-0.15, -0.1) is 0 Å². The number of nitrogens with zero attached hydrogens (tertiary/aromatic N) is 2. The smallest absolute Gasteiger partial charge is 0.273 e. The Labute approximate surface area is 200 Å². The molecule has 4 aromatic carbocycles. The summed E-state index contributed by atoms with van der Waals surface area (Å²) >= 11 is 0. The first-order chi connectivity index (χ1) is 16.7. The molecule has 5 rings (SSSR count). The van der Waals surface area contributed by atoms with E-state index in [0.717, 1.165) is 38.7 Å². The zero-order valence-electron chi connectivity index (χ0n) is 19.2. The Morgan fingerprint density at radius 3 is 1.76 bits per heavy atom. The Morgan fingerprint density at radius 1 is 0.676 bits per heavy atom. The molecule has 0 aliphatic rings. The topological polar surface area (TPSA) is 33.2 Å². The van der Waals surface area contributed by atoms with Gasteiger partial charge in [0.15, 0.2) is 0 Å². The summed E-state index contributed by atoms with van der Waals surface area (Å²) in [6.07, 6.45) is 0. The van der Waals surface area contributed by atoms with Crippen molar-refractivity contribution in [1.82, 2.24) is 9.88 Å². The van der Waals surface area contributed by atoms with Crippen LogP contribution >= 0.6 is 0 Å². The van der Waals surface area contributed by atoms with E-state index in [-0.39, 0.29) is 5.91 Å². The monoisotopic (exact) mass is 442 g/mol. The molecule has 0 aliphatic heterocycles. The molecule has 3 nitrogen and oxygen atoms in total. The van der Waals surface area contributed by atoms with Gasteiger partial charge in [0.05, 0.1) is 5.52 Å². The molecule has 0 fully saturated rings. The minimum atomic E-state index is -0.0619. The molecule has 34 heavy (non-hydrogen) atoms. The quantitative estimate of drug-likeness (QED) is 0.282. The Morgan fingerprint density at radius 2 is 1.18 bits per heavy atom. The molecule has 5 aromatic rings. The van der Waals surface area contributed by atoms with Gasteiger partial charge in [0.2, 0.25) is 0 Å². The summed E-state index contributed by atoms with van der Waals surface area (Å²) in [6.45, 7) is 3.05. The third-order valence-electron chi connectivity index (χ3n) is 6.12. The van der Waals surface area contributed by atoms with Crippen LogP contribution in [-0.2, 0) is 13.1 Å². The van der Waals surface area contributed by atoms with E-state index in [0.29, 0.717) is 18.8 Å². The van der Waals surface area contributed by atoms with Crippen molar-refractivity contribution in [2.24, 2.45) is 0 Å². The largest absolute Gasteiger partial charge is 0.329 e. The highest BCUT2D eigenvalue weighted by atomic mass is 16.2. The number of para-hydroxylation sites is 1. The molecule has 0 spiro atoms.